The average Bonchev–Trinajstić information content (AvgIpc) is 3.33. The van der Waals surface area contributed by atoms with E-state index in [1.165, 1.54) is 11.8 Å². The molecule has 1 fully saturated rings. The maximum Gasteiger partial charge on any atom is 0.410 e. The van der Waals surface area contributed by atoms with Crippen LogP contribution in [0.4, 0.5) is 21.0 Å². The Kier molecular flexibility index (Phi) is 7.44. The molecule has 0 saturated carbocycles. The Bertz CT molecular complexity index is 1490. The molecule has 2 aromatic carbocycles. The monoisotopic (exact) mass is 587 g/mol. The predicted octanol–water partition coefficient (Wildman–Crippen LogP) is 5.77. The quantitative estimate of drug-likeness (QED) is 0.390. The van der Waals surface area contributed by atoms with Gasteiger partial charge in [-0.3, -0.25) is 9.69 Å². The highest BCUT2D eigenvalue weighted by Gasteiger charge is 2.47. The van der Waals surface area contributed by atoms with Crippen LogP contribution in [0, 0.1) is 0 Å². The van der Waals surface area contributed by atoms with Gasteiger partial charge in [0, 0.05) is 30.9 Å². The Morgan fingerprint density at radius 1 is 1.05 bits per heavy atom. The van der Waals surface area contributed by atoms with Crippen LogP contribution in [-0.4, -0.2) is 57.9 Å². The molecule has 0 spiro atoms. The highest BCUT2D eigenvalue weighted by molar-refractivity contribution is 8.01. The van der Waals surface area contributed by atoms with E-state index < -0.39 is 16.9 Å². The number of urea groups is 1. The number of anilines is 2. The normalized spacial score (nSPS) is 21.3. The van der Waals surface area contributed by atoms with E-state index in [-0.39, 0.29) is 24.1 Å². The fourth-order valence-electron chi connectivity index (χ4n) is 5.44. The van der Waals surface area contributed by atoms with Crippen LogP contribution in [-0.2, 0) is 9.53 Å². The molecule has 10 nitrogen and oxygen atoms in total. The molecule has 11 heteroatoms. The Morgan fingerprint density at radius 2 is 1.79 bits per heavy atom. The number of ether oxygens (including phenoxy) is 2. The van der Waals surface area contributed by atoms with E-state index in [9.17, 15) is 14.4 Å². The van der Waals surface area contributed by atoms with Crippen molar-refractivity contribution in [2.24, 2.45) is 0 Å². The summed E-state index contributed by atoms with van der Waals surface area (Å²) in [5.41, 5.74) is 1.60. The second kappa shape index (κ2) is 11.2. The van der Waals surface area contributed by atoms with Gasteiger partial charge < -0.3 is 25.0 Å². The van der Waals surface area contributed by atoms with Crippen molar-refractivity contribution >= 4 is 41.2 Å². The van der Waals surface area contributed by atoms with Gasteiger partial charge in [0.2, 0.25) is 5.91 Å². The van der Waals surface area contributed by atoms with Gasteiger partial charge in [-0.25, -0.2) is 14.6 Å². The molecule has 3 aliphatic rings. The summed E-state index contributed by atoms with van der Waals surface area (Å²) in [5.74, 6) is 1.18. The fraction of sp³-hybridized carbons (Fsp3) is 0.355. The number of para-hydroxylation sites is 1. The summed E-state index contributed by atoms with van der Waals surface area (Å²) in [6, 6.07) is 17.5. The second-order valence-corrected chi connectivity index (χ2v) is 12.7. The third kappa shape index (κ3) is 5.74. The lowest BCUT2D eigenvalue weighted by atomic mass is 9.99. The number of thioether (sulfide) groups is 1. The highest BCUT2D eigenvalue weighted by atomic mass is 32.2. The minimum atomic E-state index is -0.588. The van der Waals surface area contributed by atoms with Crippen LogP contribution < -0.4 is 20.3 Å². The van der Waals surface area contributed by atoms with E-state index in [4.69, 9.17) is 9.47 Å². The molecule has 0 radical (unpaired) electrons. The van der Waals surface area contributed by atoms with Gasteiger partial charge in [-0.2, -0.15) is 0 Å². The zero-order chi connectivity index (χ0) is 29.4. The van der Waals surface area contributed by atoms with Gasteiger partial charge in [-0.1, -0.05) is 30.0 Å². The Balaban J connectivity index is 1.16. The van der Waals surface area contributed by atoms with E-state index in [2.05, 4.69) is 15.6 Å². The van der Waals surface area contributed by atoms with Crippen molar-refractivity contribution in [2.45, 2.75) is 61.6 Å². The van der Waals surface area contributed by atoms with Crippen LogP contribution in [0.2, 0.25) is 0 Å². The number of aromatic nitrogens is 1. The first-order valence-corrected chi connectivity index (χ1v) is 14.9. The number of nitrogens with one attached hydrogen (secondary N) is 2. The summed E-state index contributed by atoms with van der Waals surface area (Å²) in [4.78, 5) is 47.4. The van der Waals surface area contributed by atoms with Gasteiger partial charge in [-0.05, 0) is 76.1 Å². The topological polar surface area (TPSA) is 113 Å². The van der Waals surface area contributed by atoms with Crippen LogP contribution in [0.15, 0.2) is 71.9 Å². The summed E-state index contributed by atoms with van der Waals surface area (Å²) in [6.45, 7) is 6.47. The predicted molar refractivity (Wildman–Crippen MR) is 159 cm³/mol. The molecule has 6 rings (SSSR count). The Labute approximate surface area is 248 Å². The average molecular weight is 588 g/mol. The second-order valence-electron chi connectivity index (χ2n) is 11.5. The van der Waals surface area contributed by atoms with E-state index in [0.717, 1.165) is 24.2 Å². The standard InChI is InChI=1S/C31H33N5O5S/c1-31(2,3)41-30(39)35-17-7-8-19(18-35)33-27(37)26-25-24-23(15-16-32-28(24)42-26)36(29(38)34-25)20-11-13-22(14-12-20)40-21-9-5-4-6-10-21/h4-6,9-16,19,25-26H,7-8,17-18H2,1-3H3,(H,33,37)(H,34,38)/t19-,25?,26?/m1/s1. The molecule has 2 unspecified atom stereocenters. The summed E-state index contributed by atoms with van der Waals surface area (Å²) in [7, 11) is 0. The number of hydrogen-bond donors (Lipinski definition) is 2. The highest BCUT2D eigenvalue weighted by Crippen LogP contribution is 2.50. The molecule has 0 bridgehead atoms. The molecule has 3 atom stereocenters. The summed E-state index contributed by atoms with van der Waals surface area (Å²) < 4.78 is 11.4. The zero-order valence-electron chi connectivity index (χ0n) is 23.7. The van der Waals surface area contributed by atoms with Crippen molar-refractivity contribution < 1.29 is 23.9 Å². The smallest absolute Gasteiger partial charge is 0.410 e. The number of rotatable bonds is 5. The van der Waals surface area contributed by atoms with Gasteiger partial charge >= 0.3 is 12.1 Å². The number of benzene rings is 2. The van der Waals surface area contributed by atoms with Gasteiger partial charge in [0.05, 0.1) is 17.4 Å². The number of amides is 4. The fourth-order valence-corrected chi connectivity index (χ4v) is 6.68. The Hall–Kier alpha value is -4.25. The lowest BCUT2D eigenvalue weighted by Crippen LogP contribution is -2.54. The zero-order valence-corrected chi connectivity index (χ0v) is 24.5. The van der Waals surface area contributed by atoms with Gasteiger partial charge in [-0.15, -0.1) is 0 Å². The van der Waals surface area contributed by atoms with E-state index in [1.54, 1.807) is 22.1 Å². The minimum Gasteiger partial charge on any atom is -0.457 e. The summed E-state index contributed by atoms with van der Waals surface area (Å²) >= 11 is 1.35. The van der Waals surface area contributed by atoms with E-state index >= 15 is 0 Å². The van der Waals surface area contributed by atoms with Crippen molar-refractivity contribution in [1.82, 2.24) is 20.5 Å². The third-order valence-electron chi connectivity index (χ3n) is 7.26. The number of likely N-dealkylation sites (tertiary alicyclic amines) is 1. The number of carbonyl (C=O) groups excluding carboxylic acids is 3. The van der Waals surface area contributed by atoms with Crippen LogP contribution in [0.25, 0.3) is 0 Å². The molecular formula is C31H33N5O5S. The van der Waals surface area contributed by atoms with Crippen LogP contribution in [0.1, 0.15) is 45.2 Å². The SMILES string of the molecule is CC(C)(C)OC(=O)N1CCC[C@@H](NC(=O)C2Sc3nccc4c3C2NC(=O)N4c2ccc(Oc3ccccc3)cc2)C1. The van der Waals surface area contributed by atoms with Gasteiger partial charge in [0.15, 0.2) is 0 Å². The molecule has 42 heavy (non-hydrogen) atoms. The van der Waals surface area contributed by atoms with Gasteiger partial charge in [0.1, 0.15) is 27.4 Å². The lowest BCUT2D eigenvalue weighted by molar-refractivity contribution is -0.122. The summed E-state index contributed by atoms with van der Waals surface area (Å²) in [6.07, 6.45) is 2.81. The van der Waals surface area contributed by atoms with Crippen molar-refractivity contribution in [1.29, 1.82) is 0 Å². The molecule has 4 heterocycles. The maximum absolute atomic E-state index is 13.6. The molecule has 3 aliphatic heterocycles. The van der Waals surface area contributed by atoms with Gasteiger partial charge in [0.25, 0.3) is 0 Å². The van der Waals surface area contributed by atoms with Crippen LogP contribution in [0.5, 0.6) is 11.5 Å². The molecular weight excluding hydrogens is 554 g/mol. The van der Waals surface area contributed by atoms with Crippen molar-refractivity contribution in [2.75, 3.05) is 18.0 Å². The van der Waals surface area contributed by atoms with E-state index in [0.29, 0.717) is 35.2 Å². The number of piperidine rings is 1. The summed E-state index contributed by atoms with van der Waals surface area (Å²) in [5, 5.41) is 6.30. The first-order valence-electron chi connectivity index (χ1n) is 14.0. The molecule has 1 aromatic heterocycles. The largest absolute Gasteiger partial charge is 0.457 e. The molecule has 3 aromatic rings. The number of nitrogens with zero attached hydrogens (tertiary/aromatic N) is 3. The molecule has 0 aliphatic carbocycles. The van der Waals surface area contributed by atoms with Crippen molar-refractivity contribution in [3.8, 4) is 11.5 Å². The molecule has 218 valence electrons. The maximum atomic E-state index is 13.6. The molecule has 2 N–H and O–H groups in total. The first-order chi connectivity index (χ1) is 20.2. The Morgan fingerprint density at radius 3 is 2.52 bits per heavy atom. The third-order valence-corrected chi connectivity index (χ3v) is 8.55. The molecule has 1 saturated heterocycles. The number of carbonyl (C=O) groups is 3. The number of hydrogen-bond acceptors (Lipinski definition) is 7. The van der Waals surface area contributed by atoms with E-state index in [1.807, 2.05) is 75.4 Å². The first kappa shape index (κ1) is 27.9. The molecule has 4 amide bonds. The van der Waals surface area contributed by atoms with Crippen LogP contribution >= 0.6 is 11.8 Å². The number of pyridine rings is 1. The van der Waals surface area contributed by atoms with Crippen molar-refractivity contribution in [3.63, 3.8) is 0 Å². The lowest BCUT2D eigenvalue weighted by Gasteiger charge is -2.36. The van der Waals surface area contributed by atoms with Crippen LogP contribution in [0.3, 0.4) is 0 Å². The van der Waals surface area contributed by atoms with Crippen molar-refractivity contribution in [3.05, 3.63) is 72.4 Å². The minimum absolute atomic E-state index is 0.193.